The SMILES string of the molecule is CCCCOC=C(C)c1cccc(C(C)=COCCCOCC)c1. The minimum atomic E-state index is 0.682. The van der Waals surface area contributed by atoms with Gasteiger partial charge in [0.25, 0.3) is 0 Å². The van der Waals surface area contributed by atoms with Gasteiger partial charge in [-0.3, -0.25) is 0 Å². The Hall–Kier alpha value is -1.74. The van der Waals surface area contributed by atoms with Crippen LogP contribution in [0.15, 0.2) is 36.8 Å². The first kappa shape index (κ1) is 20.3. The van der Waals surface area contributed by atoms with E-state index in [1.165, 1.54) is 11.1 Å². The molecule has 1 rings (SSSR count). The molecule has 134 valence electrons. The molecular formula is C21H32O3. The zero-order valence-corrected chi connectivity index (χ0v) is 15.6. The molecule has 0 spiro atoms. The van der Waals surface area contributed by atoms with E-state index < -0.39 is 0 Å². The molecule has 1 aromatic carbocycles. The topological polar surface area (TPSA) is 27.7 Å². The second-order valence-electron chi connectivity index (χ2n) is 5.83. The van der Waals surface area contributed by atoms with Crippen LogP contribution in [0.2, 0.25) is 0 Å². The number of rotatable bonds is 12. The van der Waals surface area contributed by atoms with Crippen molar-refractivity contribution >= 4 is 11.1 Å². The summed E-state index contributed by atoms with van der Waals surface area (Å²) in [6, 6.07) is 8.45. The van der Waals surface area contributed by atoms with Crippen molar-refractivity contribution in [1.29, 1.82) is 0 Å². The number of benzene rings is 1. The minimum Gasteiger partial charge on any atom is -0.501 e. The number of unbranched alkanes of at least 4 members (excludes halogenated alkanes) is 1. The molecule has 0 aliphatic heterocycles. The van der Waals surface area contributed by atoms with Gasteiger partial charge in [0, 0.05) is 19.6 Å². The highest BCUT2D eigenvalue weighted by Crippen LogP contribution is 2.20. The maximum Gasteiger partial charge on any atom is 0.0895 e. The van der Waals surface area contributed by atoms with E-state index in [1.54, 1.807) is 0 Å². The molecule has 0 saturated carbocycles. The zero-order chi connectivity index (χ0) is 17.6. The van der Waals surface area contributed by atoms with Crippen molar-refractivity contribution < 1.29 is 14.2 Å². The first-order valence-electron chi connectivity index (χ1n) is 8.94. The molecule has 0 amide bonds. The average molecular weight is 332 g/mol. The summed E-state index contributed by atoms with van der Waals surface area (Å²) >= 11 is 0. The van der Waals surface area contributed by atoms with Crippen LogP contribution < -0.4 is 0 Å². The van der Waals surface area contributed by atoms with Crippen LogP contribution in [0.25, 0.3) is 11.1 Å². The highest BCUT2D eigenvalue weighted by Gasteiger charge is 2.01. The molecule has 0 aliphatic rings. The van der Waals surface area contributed by atoms with Gasteiger partial charge in [-0.1, -0.05) is 31.5 Å². The van der Waals surface area contributed by atoms with Gasteiger partial charge in [0.05, 0.1) is 25.7 Å². The molecule has 0 bridgehead atoms. The fraction of sp³-hybridized carbons (Fsp3) is 0.524. The molecule has 3 nitrogen and oxygen atoms in total. The highest BCUT2D eigenvalue weighted by atomic mass is 16.5. The average Bonchev–Trinajstić information content (AvgIpc) is 2.61. The van der Waals surface area contributed by atoms with Crippen LogP contribution in [0, 0.1) is 0 Å². The van der Waals surface area contributed by atoms with Gasteiger partial charge in [-0.2, -0.15) is 0 Å². The van der Waals surface area contributed by atoms with Crippen LogP contribution in [0.4, 0.5) is 0 Å². The Morgan fingerprint density at radius 2 is 1.46 bits per heavy atom. The lowest BCUT2D eigenvalue weighted by Crippen LogP contribution is -1.98. The summed E-state index contributed by atoms with van der Waals surface area (Å²) < 4.78 is 16.5. The van der Waals surface area contributed by atoms with E-state index in [2.05, 4.69) is 45.0 Å². The normalized spacial score (nSPS) is 12.3. The van der Waals surface area contributed by atoms with E-state index >= 15 is 0 Å². The van der Waals surface area contributed by atoms with Gasteiger partial charge in [0.1, 0.15) is 0 Å². The van der Waals surface area contributed by atoms with Gasteiger partial charge in [-0.25, -0.2) is 0 Å². The molecule has 3 heteroatoms. The zero-order valence-electron chi connectivity index (χ0n) is 15.6. The summed E-state index contributed by atoms with van der Waals surface area (Å²) in [6.07, 6.45) is 6.84. The number of ether oxygens (including phenoxy) is 3. The minimum absolute atomic E-state index is 0.682. The Bertz CT molecular complexity index is 518. The first-order chi connectivity index (χ1) is 11.7. The summed E-state index contributed by atoms with van der Waals surface area (Å²) in [4.78, 5) is 0. The van der Waals surface area contributed by atoms with Crippen LogP contribution in [-0.2, 0) is 14.2 Å². The van der Waals surface area contributed by atoms with Gasteiger partial charge in [-0.15, -0.1) is 0 Å². The van der Waals surface area contributed by atoms with Crippen LogP contribution in [-0.4, -0.2) is 26.4 Å². The van der Waals surface area contributed by atoms with Gasteiger partial charge in [-0.05, 0) is 55.5 Å². The molecule has 0 fully saturated rings. The van der Waals surface area contributed by atoms with Crippen molar-refractivity contribution in [1.82, 2.24) is 0 Å². The van der Waals surface area contributed by atoms with Crippen molar-refractivity contribution in [2.45, 2.75) is 47.0 Å². The number of allylic oxidation sites excluding steroid dienone is 2. The van der Waals surface area contributed by atoms with Gasteiger partial charge in [0.2, 0.25) is 0 Å². The number of hydrogen-bond donors (Lipinski definition) is 0. The first-order valence-corrected chi connectivity index (χ1v) is 8.94. The fourth-order valence-electron chi connectivity index (χ4n) is 2.13. The Labute approximate surface area is 147 Å². The Morgan fingerprint density at radius 3 is 2.00 bits per heavy atom. The predicted molar refractivity (Wildman–Crippen MR) is 102 cm³/mol. The van der Waals surface area contributed by atoms with Gasteiger partial charge < -0.3 is 14.2 Å². The standard InChI is InChI=1S/C21H32O3/c1-5-7-12-23-16-18(3)20-10-8-11-21(15-20)19(4)17-24-14-9-13-22-6-2/h8,10-11,15-17H,5-7,9,12-14H2,1-4H3. The molecule has 0 aromatic heterocycles. The molecule has 0 saturated heterocycles. The van der Waals surface area contributed by atoms with Crippen LogP contribution in [0.5, 0.6) is 0 Å². The third-order valence-corrected chi connectivity index (χ3v) is 3.66. The molecule has 24 heavy (non-hydrogen) atoms. The third-order valence-electron chi connectivity index (χ3n) is 3.66. The smallest absolute Gasteiger partial charge is 0.0895 e. The molecule has 0 atom stereocenters. The van der Waals surface area contributed by atoms with Crippen molar-refractivity contribution in [3.63, 3.8) is 0 Å². The molecule has 0 N–H and O–H groups in total. The van der Waals surface area contributed by atoms with Crippen LogP contribution in [0.3, 0.4) is 0 Å². The van der Waals surface area contributed by atoms with Gasteiger partial charge in [0.15, 0.2) is 0 Å². The van der Waals surface area contributed by atoms with E-state index in [1.807, 2.05) is 19.4 Å². The lowest BCUT2D eigenvalue weighted by Gasteiger charge is -2.08. The van der Waals surface area contributed by atoms with E-state index in [0.29, 0.717) is 6.61 Å². The van der Waals surface area contributed by atoms with Crippen molar-refractivity contribution in [2.24, 2.45) is 0 Å². The van der Waals surface area contributed by atoms with Crippen LogP contribution in [0.1, 0.15) is 58.1 Å². The summed E-state index contributed by atoms with van der Waals surface area (Å²) in [5.74, 6) is 0. The van der Waals surface area contributed by atoms with E-state index in [-0.39, 0.29) is 0 Å². The molecule has 0 radical (unpaired) electrons. The lowest BCUT2D eigenvalue weighted by molar-refractivity contribution is 0.122. The summed E-state index contributed by atoms with van der Waals surface area (Å²) in [7, 11) is 0. The summed E-state index contributed by atoms with van der Waals surface area (Å²) in [5, 5.41) is 0. The molecular weight excluding hydrogens is 300 g/mol. The summed E-state index contributed by atoms with van der Waals surface area (Å²) in [5.41, 5.74) is 4.60. The van der Waals surface area contributed by atoms with E-state index in [4.69, 9.17) is 14.2 Å². The highest BCUT2D eigenvalue weighted by molar-refractivity contribution is 5.70. The largest absolute Gasteiger partial charge is 0.501 e. The van der Waals surface area contributed by atoms with E-state index in [9.17, 15) is 0 Å². The third kappa shape index (κ3) is 8.21. The monoisotopic (exact) mass is 332 g/mol. The quantitative estimate of drug-likeness (QED) is 0.365. The Morgan fingerprint density at radius 1 is 0.875 bits per heavy atom. The van der Waals surface area contributed by atoms with Crippen molar-refractivity contribution in [3.8, 4) is 0 Å². The maximum absolute atomic E-state index is 5.61. The lowest BCUT2D eigenvalue weighted by atomic mass is 10.0. The Balaban J connectivity index is 2.56. The summed E-state index contributed by atoms with van der Waals surface area (Å²) in [6.45, 7) is 11.3. The van der Waals surface area contributed by atoms with Crippen molar-refractivity contribution in [2.75, 3.05) is 26.4 Å². The molecule has 0 heterocycles. The molecule has 0 aliphatic carbocycles. The van der Waals surface area contributed by atoms with E-state index in [0.717, 1.165) is 50.2 Å². The second-order valence-corrected chi connectivity index (χ2v) is 5.83. The molecule has 0 unspecified atom stereocenters. The number of hydrogen-bond acceptors (Lipinski definition) is 3. The van der Waals surface area contributed by atoms with Crippen molar-refractivity contribution in [3.05, 3.63) is 47.9 Å². The maximum atomic E-state index is 5.61. The van der Waals surface area contributed by atoms with Crippen LogP contribution >= 0.6 is 0 Å². The van der Waals surface area contributed by atoms with Gasteiger partial charge >= 0.3 is 0 Å². The molecule has 1 aromatic rings. The predicted octanol–water partition coefficient (Wildman–Crippen LogP) is 5.67. The second kappa shape index (κ2) is 12.7. The Kier molecular flexibility index (Phi) is 10.7. The fourth-order valence-corrected chi connectivity index (χ4v) is 2.13.